The maximum Gasteiger partial charge on any atom is 0.134 e. The summed E-state index contributed by atoms with van der Waals surface area (Å²) in [4.78, 5) is 2.29. The predicted octanol–water partition coefficient (Wildman–Crippen LogP) is 1.78. The first-order valence-electron chi connectivity index (χ1n) is 5.42. The molecule has 0 aromatic carbocycles. The highest BCUT2D eigenvalue weighted by molar-refractivity contribution is 4.60. The van der Waals surface area contributed by atoms with E-state index in [9.17, 15) is 5.21 Å². The second-order valence-corrected chi connectivity index (χ2v) is 4.34. The van der Waals surface area contributed by atoms with Crippen LogP contribution in [0.1, 0.15) is 32.6 Å². The van der Waals surface area contributed by atoms with Crippen LogP contribution in [0, 0.1) is 5.21 Å². The van der Waals surface area contributed by atoms with E-state index in [-0.39, 0.29) is 4.65 Å². The van der Waals surface area contributed by atoms with Gasteiger partial charge in [0.1, 0.15) is 6.67 Å². The molecule has 1 unspecified atom stereocenters. The monoisotopic (exact) mass is 186 g/mol. The molecule has 0 aromatic heterocycles. The van der Waals surface area contributed by atoms with Crippen molar-refractivity contribution in [2.75, 3.05) is 33.4 Å². The SMILES string of the molecule is CCCCCCN1CC[N+](C)([O-])C1. The Kier molecular flexibility index (Phi) is 4.16. The highest BCUT2D eigenvalue weighted by atomic mass is 16.5. The van der Waals surface area contributed by atoms with Gasteiger partial charge >= 0.3 is 0 Å². The Hall–Kier alpha value is -0.120. The number of rotatable bonds is 5. The summed E-state index contributed by atoms with van der Waals surface area (Å²) in [5.74, 6) is 0. The lowest BCUT2D eigenvalue weighted by atomic mass is 10.2. The van der Waals surface area contributed by atoms with Crippen molar-refractivity contribution >= 4 is 0 Å². The van der Waals surface area contributed by atoms with Crippen molar-refractivity contribution in [1.29, 1.82) is 0 Å². The lowest BCUT2D eigenvalue weighted by Crippen LogP contribution is -2.36. The van der Waals surface area contributed by atoms with Gasteiger partial charge in [0.25, 0.3) is 0 Å². The van der Waals surface area contributed by atoms with E-state index in [2.05, 4.69) is 11.8 Å². The van der Waals surface area contributed by atoms with E-state index in [0.29, 0.717) is 6.67 Å². The number of hydrogen-bond acceptors (Lipinski definition) is 2. The molecular formula is C10H22N2O. The molecule has 0 radical (unpaired) electrons. The summed E-state index contributed by atoms with van der Waals surface area (Å²) < 4.78 is -0.0617. The number of unbranched alkanes of at least 4 members (excludes halogenated alkanes) is 3. The molecule has 3 heteroatoms. The Morgan fingerprint density at radius 3 is 2.62 bits per heavy atom. The van der Waals surface area contributed by atoms with Crippen molar-refractivity contribution in [3.63, 3.8) is 0 Å². The third-order valence-corrected chi connectivity index (χ3v) is 2.72. The van der Waals surface area contributed by atoms with Crippen LogP contribution in [0.3, 0.4) is 0 Å². The Morgan fingerprint density at radius 2 is 2.08 bits per heavy atom. The van der Waals surface area contributed by atoms with E-state index in [1.165, 1.54) is 25.7 Å². The summed E-state index contributed by atoms with van der Waals surface area (Å²) in [5.41, 5.74) is 0. The first-order chi connectivity index (χ1) is 6.14. The van der Waals surface area contributed by atoms with Crippen LogP contribution in [0.2, 0.25) is 0 Å². The van der Waals surface area contributed by atoms with E-state index in [1.807, 2.05) is 0 Å². The molecule has 1 fully saturated rings. The van der Waals surface area contributed by atoms with Crippen molar-refractivity contribution in [2.24, 2.45) is 0 Å². The Labute approximate surface area is 81.5 Å². The summed E-state index contributed by atoms with van der Waals surface area (Å²) in [6.07, 6.45) is 5.19. The van der Waals surface area contributed by atoms with Crippen LogP contribution in [0.4, 0.5) is 0 Å². The van der Waals surface area contributed by atoms with Gasteiger partial charge in [-0.3, -0.25) is 4.90 Å². The molecule has 1 heterocycles. The molecule has 1 aliphatic heterocycles. The number of nitrogens with zero attached hydrogens (tertiary/aromatic N) is 2. The fraction of sp³-hybridized carbons (Fsp3) is 1.00. The van der Waals surface area contributed by atoms with Crippen LogP contribution < -0.4 is 0 Å². The van der Waals surface area contributed by atoms with Crippen molar-refractivity contribution in [3.05, 3.63) is 5.21 Å². The van der Waals surface area contributed by atoms with Gasteiger partial charge in [-0.2, -0.15) is 0 Å². The molecule has 0 aromatic rings. The molecule has 1 rings (SSSR count). The fourth-order valence-corrected chi connectivity index (χ4v) is 1.86. The molecule has 1 saturated heterocycles. The minimum Gasteiger partial charge on any atom is -0.632 e. The lowest BCUT2D eigenvalue weighted by molar-refractivity contribution is -0.852. The summed E-state index contributed by atoms with van der Waals surface area (Å²) in [7, 11) is 1.77. The second kappa shape index (κ2) is 4.94. The molecular weight excluding hydrogens is 164 g/mol. The molecule has 0 spiro atoms. The maximum atomic E-state index is 11.5. The van der Waals surface area contributed by atoms with Gasteiger partial charge in [-0.15, -0.1) is 0 Å². The molecule has 1 atom stereocenters. The highest BCUT2D eigenvalue weighted by Gasteiger charge is 2.24. The molecule has 1 aliphatic rings. The Bertz CT molecular complexity index is 148. The van der Waals surface area contributed by atoms with Gasteiger partial charge in [-0.05, 0) is 6.42 Å². The molecule has 78 valence electrons. The molecule has 0 aliphatic carbocycles. The van der Waals surface area contributed by atoms with Crippen LogP contribution in [0.5, 0.6) is 0 Å². The molecule has 0 saturated carbocycles. The van der Waals surface area contributed by atoms with E-state index < -0.39 is 0 Å². The summed E-state index contributed by atoms with van der Waals surface area (Å²) >= 11 is 0. The van der Waals surface area contributed by atoms with Crippen LogP contribution in [0.15, 0.2) is 0 Å². The molecule has 3 nitrogen and oxygen atoms in total. The topological polar surface area (TPSA) is 26.3 Å². The van der Waals surface area contributed by atoms with E-state index >= 15 is 0 Å². The zero-order valence-electron chi connectivity index (χ0n) is 8.96. The third kappa shape index (κ3) is 4.07. The summed E-state index contributed by atoms with van der Waals surface area (Å²) in [6, 6.07) is 0. The van der Waals surface area contributed by atoms with Gasteiger partial charge in [0.15, 0.2) is 0 Å². The van der Waals surface area contributed by atoms with Crippen LogP contribution in [-0.4, -0.2) is 42.9 Å². The smallest absolute Gasteiger partial charge is 0.134 e. The van der Waals surface area contributed by atoms with Crippen molar-refractivity contribution in [1.82, 2.24) is 4.90 Å². The van der Waals surface area contributed by atoms with Gasteiger partial charge in [-0.1, -0.05) is 26.2 Å². The third-order valence-electron chi connectivity index (χ3n) is 2.72. The van der Waals surface area contributed by atoms with Crippen molar-refractivity contribution in [2.45, 2.75) is 32.6 Å². The summed E-state index contributed by atoms with van der Waals surface area (Å²) in [5, 5.41) is 11.5. The molecule has 0 bridgehead atoms. The molecule has 0 N–H and O–H groups in total. The standard InChI is InChI=1S/C10H22N2O/c1-3-4-5-6-7-11-8-9-12(2,13)10-11/h3-10H2,1-2H3. The van der Waals surface area contributed by atoms with Gasteiger partial charge in [0, 0.05) is 6.54 Å². The summed E-state index contributed by atoms with van der Waals surface area (Å²) in [6.45, 7) is 5.81. The average Bonchev–Trinajstić information content (AvgIpc) is 2.40. The lowest BCUT2D eigenvalue weighted by Gasteiger charge is -2.33. The Morgan fingerprint density at radius 1 is 1.31 bits per heavy atom. The van der Waals surface area contributed by atoms with Crippen molar-refractivity contribution in [3.8, 4) is 0 Å². The minimum absolute atomic E-state index is 0.0617. The first kappa shape index (κ1) is 11.0. The second-order valence-electron chi connectivity index (χ2n) is 4.34. The minimum atomic E-state index is -0.0617. The fourth-order valence-electron chi connectivity index (χ4n) is 1.86. The number of quaternary nitrogens is 1. The van der Waals surface area contributed by atoms with Gasteiger partial charge < -0.3 is 9.85 Å². The maximum absolute atomic E-state index is 11.5. The quantitative estimate of drug-likeness (QED) is 0.372. The largest absolute Gasteiger partial charge is 0.632 e. The number of likely N-dealkylation sites (N-methyl/N-ethyl adjacent to an activating group) is 1. The molecule has 0 amide bonds. The van der Waals surface area contributed by atoms with Gasteiger partial charge in [-0.25, -0.2) is 0 Å². The number of hydrogen-bond donors (Lipinski definition) is 0. The van der Waals surface area contributed by atoms with Crippen LogP contribution >= 0.6 is 0 Å². The zero-order chi connectivity index (χ0) is 9.73. The number of hydroxylamine groups is 3. The van der Waals surface area contributed by atoms with E-state index in [0.717, 1.165) is 19.6 Å². The highest BCUT2D eigenvalue weighted by Crippen LogP contribution is 2.12. The van der Waals surface area contributed by atoms with Crippen molar-refractivity contribution < 1.29 is 4.65 Å². The molecule has 13 heavy (non-hydrogen) atoms. The normalized spacial score (nSPS) is 29.8. The predicted molar refractivity (Wildman–Crippen MR) is 55.0 cm³/mol. The van der Waals surface area contributed by atoms with Crippen LogP contribution in [0.25, 0.3) is 0 Å². The van der Waals surface area contributed by atoms with Gasteiger partial charge in [0.2, 0.25) is 0 Å². The van der Waals surface area contributed by atoms with E-state index in [4.69, 9.17) is 0 Å². The van der Waals surface area contributed by atoms with Crippen LogP contribution in [-0.2, 0) is 0 Å². The zero-order valence-corrected chi connectivity index (χ0v) is 8.96. The Balaban J connectivity index is 2.04. The first-order valence-corrected chi connectivity index (χ1v) is 5.42. The van der Waals surface area contributed by atoms with E-state index in [1.54, 1.807) is 7.05 Å². The average molecular weight is 186 g/mol. The van der Waals surface area contributed by atoms with Gasteiger partial charge in [0.05, 0.1) is 20.1 Å².